The first-order valence-corrected chi connectivity index (χ1v) is 5.79. The molecule has 18 heavy (non-hydrogen) atoms. The van der Waals surface area contributed by atoms with Gasteiger partial charge in [-0.25, -0.2) is 0 Å². The highest BCUT2D eigenvalue weighted by molar-refractivity contribution is 5.50. The van der Waals surface area contributed by atoms with Gasteiger partial charge in [0.1, 0.15) is 11.5 Å². The van der Waals surface area contributed by atoms with Crippen LogP contribution in [0.25, 0.3) is 0 Å². The molecule has 0 fully saturated rings. The minimum absolute atomic E-state index is 0.413. The van der Waals surface area contributed by atoms with Crippen LogP contribution < -0.4 is 15.4 Å². The van der Waals surface area contributed by atoms with Crippen LogP contribution in [0.1, 0.15) is 5.56 Å². The van der Waals surface area contributed by atoms with Crippen LogP contribution in [-0.2, 0) is 6.54 Å². The van der Waals surface area contributed by atoms with E-state index in [0.29, 0.717) is 6.54 Å². The first-order chi connectivity index (χ1) is 8.70. The van der Waals surface area contributed by atoms with Gasteiger partial charge in [-0.3, -0.25) is 4.98 Å². The fraction of sp³-hybridized carbons (Fsp3) is 0.214. The van der Waals surface area contributed by atoms with Gasteiger partial charge in [-0.15, -0.1) is 0 Å². The van der Waals surface area contributed by atoms with Crippen molar-refractivity contribution in [2.45, 2.75) is 6.54 Å². The number of ether oxygens (including phenoxy) is 1. The van der Waals surface area contributed by atoms with E-state index >= 15 is 0 Å². The van der Waals surface area contributed by atoms with Crippen LogP contribution in [0.15, 0.2) is 42.7 Å². The first-order valence-electron chi connectivity index (χ1n) is 5.79. The summed E-state index contributed by atoms with van der Waals surface area (Å²) >= 11 is 0. The van der Waals surface area contributed by atoms with Gasteiger partial charge in [0.2, 0.25) is 0 Å². The van der Waals surface area contributed by atoms with Crippen LogP contribution in [0.5, 0.6) is 11.5 Å². The van der Waals surface area contributed by atoms with Gasteiger partial charge in [0.15, 0.2) is 0 Å². The summed E-state index contributed by atoms with van der Waals surface area (Å²) in [5.74, 6) is 1.55. The second-order valence-electron chi connectivity index (χ2n) is 4.18. The Morgan fingerprint density at radius 2 is 2.11 bits per heavy atom. The standard InChI is InChI=1S/C14H17N3O/c1-17(2)12-4-3-5-13(8-12)18-14-6-7-16-10-11(14)9-15/h3-8,10H,9,15H2,1-2H3. The van der Waals surface area contributed by atoms with Gasteiger partial charge in [-0.05, 0) is 18.2 Å². The summed E-state index contributed by atoms with van der Waals surface area (Å²) in [6, 6.07) is 9.73. The Labute approximate surface area is 107 Å². The second-order valence-corrected chi connectivity index (χ2v) is 4.18. The van der Waals surface area contributed by atoms with E-state index in [0.717, 1.165) is 22.7 Å². The minimum Gasteiger partial charge on any atom is -0.457 e. The molecule has 2 N–H and O–H groups in total. The van der Waals surface area contributed by atoms with Crippen molar-refractivity contribution in [1.29, 1.82) is 0 Å². The van der Waals surface area contributed by atoms with Gasteiger partial charge in [0.25, 0.3) is 0 Å². The Morgan fingerprint density at radius 3 is 2.83 bits per heavy atom. The topological polar surface area (TPSA) is 51.4 Å². The lowest BCUT2D eigenvalue weighted by molar-refractivity contribution is 0.475. The summed E-state index contributed by atoms with van der Waals surface area (Å²) in [6.45, 7) is 0.413. The highest BCUT2D eigenvalue weighted by Gasteiger charge is 2.04. The SMILES string of the molecule is CN(C)c1cccc(Oc2ccncc2CN)c1. The molecular weight excluding hydrogens is 226 g/mol. The quantitative estimate of drug-likeness (QED) is 0.895. The highest BCUT2D eigenvalue weighted by atomic mass is 16.5. The molecule has 2 rings (SSSR count). The fourth-order valence-corrected chi connectivity index (χ4v) is 1.62. The Balaban J connectivity index is 2.25. The van der Waals surface area contributed by atoms with Crippen LogP contribution in [-0.4, -0.2) is 19.1 Å². The zero-order valence-corrected chi connectivity index (χ0v) is 10.6. The second kappa shape index (κ2) is 5.51. The molecule has 2 aromatic rings. The van der Waals surface area contributed by atoms with Crippen molar-refractivity contribution in [2.24, 2.45) is 5.73 Å². The predicted molar refractivity (Wildman–Crippen MR) is 73.0 cm³/mol. The largest absolute Gasteiger partial charge is 0.457 e. The van der Waals surface area contributed by atoms with E-state index in [1.54, 1.807) is 12.4 Å². The first kappa shape index (κ1) is 12.4. The van der Waals surface area contributed by atoms with Crippen LogP contribution in [0.4, 0.5) is 5.69 Å². The maximum atomic E-state index is 5.84. The third-order valence-corrected chi connectivity index (χ3v) is 2.64. The van der Waals surface area contributed by atoms with E-state index in [4.69, 9.17) is 10.5 Å². The molecule has 1 heterocycles. The summed E-state index contributed by atoms with van der Waals surface area (Å²) in [6.07, 6.45) is 3.43. The molecule has 94 valence electrons. The number of rotatable bonds is 4. The van der Waals surface area contributed by atoms with E-state index in [1.807, 2.05) is 49.3 Å². The summed E-state index contributed by atoms with van der Waals surface area (Å²) in [5.41, 5.74) is 7.64. The van der Waals surface area contributed by atoms with E-state index in [1.165, 1.54) is 0 Å². The van der Waals surface area contributed by atoms with E-state index < -0.39 is 0 Å². The molecule has 0 aliphatic carbocycles. The van der Waals surface area contributed by atoms with E-state index in [-0.39, 0.29) is 0 Å². The van der Waals surface area contributed by atoms with Gasteiger partial charge in [0.05, 0.1) is 0 Å². The molecule has 4 nitrogen and oxygen atoms in total. The molecule has 0 bridgehead atoms. The Bertz CT molecular complexity index is 526. The van der Waals surface area contributed by atoms with Gasteiger partial charge in [-0.2, -0.15) is 0 Å². The van der Waals surface area contributed by atoms with E-state index in [9.17, 15) is 0 Å². The maximum absolute atomic E-state index is 5.84. The number of nitrogens with zero attached hydrogens (tertiary/aromatic N) is 2. The smallest absolute Gasteiger partial charge is 0.134 e. The number of hydrogen-bond acceptors (Lipinski definition) is 4. The summed E-state index contributed by atoms with van der Waals surface area (Å²) in [7, 11) is 3.99. The lowest BCUT2D eigenvalue weighted by Gasteiger charge is -2.14. The minimum atomic E-state index is 0.413. The van der Waals surface area contributed by atoms with Crippen molar-refractivity contribution in [3.8, 4) is 11.5 Å². The molecule has 4 heteroatoms. The number of anilines is 1. The van der Waals surface area contributed by atoms with Crippen molar-refractivity contribution < 1.29 is 4.74 Å². The number of hydrogen-bond donors (Lipinski definition) is 1. The highest BCUT2D eigenvalue weighted by Crippen LogP contribution is 2.27. The number of pyridine rings is 1. The molecule has 0 spiro atoms. The van der Waals surface area contributed by atoms with Crippen molar-refractivity contribution in [1.82, 2.24) is 4.98 Å². The molecule has 0 unspecified atom stereocenters. The zero-order valence-electron chi connectivity index (χ0n) is 10.6. The maximum Gasteiger partial charge on any atom is 0.134 e. The zero-order chi connectivity index (χ0) is 13.0. The Morgan fingerprint density at radius 1 is 1.28 bits per heavy atom. The monoisotopic (exact) mass is 243 g/mol. The molecule has 1 aromatic carbocycles. The third-order valence-electron chi connectivity index (χ3n) is 2.64. The van der Waals surface area contributed by atoms with Crippen molar-refractivity contribution in [2.75, 3.05) is 19.0 Å². The summed E-state index contributed by atoms with van der Waals surface area (Å²) in [5, 5.41) is 0. The van der Waals surface area contributed by atoms with Crippen LogP contribution in [0.2, 0.25) is 0 Å². The van der Waals surface area contributed by atoms with Crippen molar-refractivity contribution in [3.63, 3.8) is 0 Å². The third kappa shape index (κ3) is 2.78. The molecule has 0 saturated carbocycles. The average Bonchev–Trinajstić information content (AvgIpc) is 2.39. The lowest BCUT2D eigenvalue weighted by atomic mass is 10.2. The average molecular weight is 243 g/mol. The summed E-state index contributed by atoms with van der Waals surface area (Å²) < 4.78 is 5.84. The van der Waals surface area contributed by atoms with Gasteiger partial charge >= 0.3 is 0 Å². The van der Waals surface area contributed by atoms with Crippen molar-refractivity contribution >= 4 is 5.69 Å². The molecule has 1 aromatic heterocycles. The molecule has 0 aliphatic rings. The number of aromatic nitrogens is 1. The number of benzene rings is 1. The lowest BCUT2D eigenvalue weighted by Crippen LogP contribution is -2.08. The molecule has 0 saturated heterocycles. The number of nitrogens with two attached hydrogens (primary N) is 1. The van der Waals surface area contributed by atoms with Crippen molar-refractivity contribution in [3.05, 3.63) is 48.3 Å². The Kier molecular flexibility index (Phi) is 3.79. The van der Waals surface area contributed by atoms with Crippen LogP contribution >= 0.6 is 0 Å². The van der Waals surface area contributed by atoms with Gasteiger partial charge in [0, 0.05) is 50.4 Å². The molecule has 0 radical (unpaired) electrons. The molecule has 0 amide bonds. The predicted octanol–water partition coefficient (Wildman–Crippen LogP) is 2.40. The van der Waals surface area contributed by atoms with Gasteiger partial charge in [-0.1, -0.05) is 6.07 Å². The van der Waals surface area contributed by atoms with Gasteiger partial charge < -0.3 is 15.4 Å². The van der Waals surface area contributed by atoms with Crippen LogP contribution in [0, 0.1) is 0 Å². The molecule has 0 atom stereocenters. The Hall–Kier alpha value is -2.07. The molecular formula is C14H17N3O. The fourth-order valence-electron chi connectivity index (χ4n) is 1.62. The van der Waals surface area contributed by atoms with Crippen LogP contribution in [0.3, 0.4) is 0 Å². The molecule has 0 aliphatic heterocycles. The summed E-state index contributed by atoms with van der Waals surface area (Å²) in [4.78, 5) is 6.07. The normalized spacial score (nSPS) is 10.2. The van der Waals surface area contributed by atoms with E-state index in [2.05, 4.69) is 4.98 Å².